The number of likely N-dealkylation sites (tertiary alicyclic amines) is 2. The van der Waals surface area contributed by atoms with Crippen LogP contribution in [0.5, 0.6) is 0 Å². The molecule has 8 nitrogen and oxygen atoms in total. The topological polar surface area (TPSA) is 90.0 Å². The summed E-state index contributed by atoms with van der Waals surface area (Å²) in [6, 6.07) is -0.472. The molecule has 1 saturated carbocycles. The average molecular weight is 447 g/mol. The summed E-state index contributed by atoms with van der Waals surface area (Å²) < 4.78 is 0. The van der Waals surface area contributed by atoms with Gasteiger partial charge in [0, 0.05) is 44.6 Å². The first kappa shape index (κ1) is 23.1. The smallest absolute Gasteiger partial charge is 0.325 e. The number of carbonyl (C=O) groups excluding carboxylic acids is 4. The molecule has 1 spiro atoms. The first-order valence-corrected chi connectivity index (χ1v) is 12.5. The Kier molecular flexibility index (Phi) is 6.77. The Morgan fingerprint density at radius 1 is 0.969 bits per heavy atom. The van der Waals surface area contributed by atoms with E-state index in [0.717, 1.165) is 6.42 Å². The molecule has 4 fully saturated rings. The predicted molar refractivity (Wildman–Crippen MR) is 120 cm³/mol. The normalized spacial score (nSPS) is 24.7. The van der Waals surface area contributed by atoms with Gasteiger partial charge in [0.1, 0.15) is 5.54 Å². The Morgan fingerprint density at radius 3 is 2.19 bits per heavy atom. The maximum Gasteiger partial charge on any atom is 0.325 e. The molecular weight excluding hydrogens is 408 g/mol. The fraction of sp³-hybridized carbons (Fsp3) is 0.833. The van der Waals surface area contributed by atoms with Gasteiger partial charge in [-0.2, -0.15) is 0 Å². The summed E-state index contributed by atoms with van der Waals surface area (Å²) in [7, 11) is 0. The molecule has 8 heteroatoms. The highest BCUT2D eigenvalue weighted by atomic mass is 16.2. The molecule has 4 aliphatic rings. The van der Waals surface area contributed by atoms with Gasteiger partial charge in [0.2, 0.25) is 11.8 Å². The number of nitrogens with zero attached hydrogens (tertiary/aromatic N) is 3. The first-order valence-electron chi connectivity index (χ1n) is 12.5. The van der Waals surface area contributed by atoms with Crippen LogP contribution in [0.3, 0.4) is 0 Å². The number of hydrogen-bond acceptors (Lipinski definition) is 4. The van der Waals surface area contributed by atoms with Crippen LogP contribution in [0.15, 0.2) is 0 Å². The molecule has 0 atom stereocenters. The zero-order chi connectivity index (χ0) is 22.9. The Hall–Kier alpha value is -2.12. The molecule has 0 unspecified atom stereocenters. The van der Waals surface area contributed by atoms with Crippen LogP contribution < -0.4 is 5.32 Å². The van der Waals surface area contributed by atoms with Crippen LogP contribution >= 0.6 is 0 Å². The first-order chi connectivity index (χ1) is 15.3. The van der Waals surface area contributed by atoms with Gasteiger partial charge in [0.15, 0.2) is 0 Å². The number of nitrogens with one attached hydrogen (secondary N) is 1. The second-order valence-electron chi connectivity index (χ2n) is 10.5. The number of imide groups is 1. The molecule has 0 radical (unpaired) electrons. The second-order valence-corrected chi connectivity index (χ2v) is 10.5. The molecule has 3 saturated heterocycles. The molecule has 3 aliphatic heterocycles. The van der Waals surface area contributed by atoms with Crippen LogP contribution in [-0.2, 0) is 14.4 Å². The third-order valence-corrected chi connectivity index (χ3v) is 8.04. The van der Waals surface area contributed by atoms with Crippen molar-refractivity contribution in [2.45, 2.75) is 89.6 Å². The monoisotopic (exact) mass is 446 g/mol. The Bertz CT molecular complexity index is 745. The lowest BCUT2D eigenvalue weighted by Crippen LogP contribution is -2.57. The van der Waals surface area contributed by atoms with Crippen molar-refractivity contribution in [3.8, 4) is 0 Å². The summed E-state index contributed by atoms with van der Waals surface area (Å²) in [5.74, 6) is 0.802. The van der Waals surface area contributed by atoms with Crippen molar-refractivity contribution in [2.75, 3.05) is 26.2 Å². The fourth-order valence-corrected chi connectivity index (χ4v) is 5.94. The van der Waals surface area contributed by atoms with E-state index in [1.165, 1.54) is 30.6 Å². The molecule has 0 bridgehead atoms. The number of hydrogen-bond donors (Lipinski definition) is 1. The number of carbonyl (C=O) groups is 4. The molecule has 32 heavy (non-hydrogen) atoms. The van der Waals surface area contributed by atoms with Crippen molar-refractivity contribution in [2.24, 2.45) is 11.8 Å². The Labute approximate surface area is 191 Å². The Balaban J connectivity index is 1.28. The highest BCUT2D eigenvalue weighted by Crippen LogP contribution is 2.33. The van der Waals surface area contributed by atoms with Crippen LogP contribution in [-0.4, -0.2) is 76.2 Å². The van der Waals surface area contributed by atoms with E-state index < -0.39 is 5.54 Å². The van der Waals surface area contributed by atoms with E-state index in [0.29, 0.717) is 64.2 Å². The van der Waals surface area contributed by atoms with Gasteiger partial charge in [-0.15, -0.1) is 0 Å². The van der Waals surface area contributed by atoms with Crippen LogP contribution in [0, 0.1) is 11.8 Å². The SMILES string of the molecule is CC(C)C(=O)N1CCC2(CC1)NC(=O)N(C1CCN(C(=O)CCC3CCCC3)CC1)C2=O. The highest BCUT2D eigenvalue weighted by Gasteiger charge is 2.54. The summed E-state index contributed by atoms with van der Waals surface area (Å²) in [4.78, 5) is 56.1. The summed E-state index contributed by atoms with van der Waals surface area (Å²) in [5, 5.41) is 2.96. The van der Waals surface area contributed by atoms with Gasteiger partial charge in [-0.25, -0.2) is 4.79 Å². The van der Waals surface area contributed by atoms with Gasteiger partial charge in [-0.3, -0.25) is 19.3 Å². The molecule has 0 aromatic carbocycles. The van der Waals surface area contributed by atoms with Crippen molar-refractivity contribution < 1.29 is 19.2 Å². The van der Waals surface area contributed by atoms with Gasteiger partial charge in [-0.1, -0.05) is 39.5 Å². The quantitative estimate of drug-likeness (QED) is 0.657. The number of rotatable bonds is 5. The number of urea groups is 1. The standard InChI is InChI=1S/C24H38N4O4/c1-17(2)21(30)27-15-11-24(12-16-27)22(31)28(23(32)25-24)19-9-13-26(14-10-19)20(29)8-7-18-5-3-4-6-18/h17-19H,3-16H2,1-2H3,(H,25,32). The number of piperidine rings is 2. The van der Waals surface area contributed by atoms with E-state index in [1.807, 2.05) is 18.7 Å². The van der Waals surface area contributed by atoms with Crippen molar-refractivity contribution in [1.82, 2.24) is 20.0 Å². The molecular formula is C24H38N4O4. The summed E-state index contributed by atoms with van der Waals surface area (Å²) in [5.41, 5.74) is -0.876. The molecule has 5 amide bonds. The largest absolute Gasteiger partial charge is 0.343 e. The zero-order valence-corrected chi connectivity index (χ0v) is 19.6. The fourth-order valence-electron chi connectivity index (χ4n) is 5.94. The van der Waals surface area contributed by atoms with E-state index >= 15 is 0 Å². The van der Waals surface area contributed by atoms with E-state index in [4.69, 9.17) is 0 Å². The van der Waals surface area contributed by atoms with Crippen molar-refractivity contribution in [1.29, 1.82) is 0 Å². The van der Waals surface area contributed by atoms with Crippen LogP contribution in [0.25, 0.3) is 0 Å². The minimum absolute atomic E-state index is 0.0690. The van der Waals surface area contributed by atoms with Crippen LogP contribution in [0.2, 0.25) is 0 Å². The minimum Gasteiger partial charge on any atom is -0.343 e. The molecule has 1 aliphatic carbocycles. The van der Waals surface area contributed by atoms with Gasteiger partial charge in [0.25, 0.3) is 5.91 Å². The van der Waals surface area contributed by atoms with Crippen molar-refractivity contribution >= 4 is 23.8 Å². The van der Waals surface area contributed by atoms with Gasteiger partial charge < -0.3 is 15.1 Å². The van der Waals surface area contributed by atoms with Crippen molar-refractivity contribution in [3.05, 3.63) is 0 Å². The zero-order valence-electron chi connectivity index (χ0n) is 19.6. The van der Waals surface area contributed by atoms with Crippen molar-refractivity contribution in [3.63, 3.8) is 0 Å². The van der Waals surface area contributed by atoms with E-state index in [-0.39, 0.29) is 35.7 Å². The summed E-state index contributed by atoms with van der Waals surface area (Å²) in [6.07, 6.45) is 8.92. The molecule has 178 valence electrons. The molecule has 1 N–H and O–H groups in total. The van der Waals surface area contributed by atoms with Gasteiger partial charge >= 0.3 is 6.03 Å². The van der Waals surface area contributed by atoms with E-state index in [2.05, 4.69) is 5.32 Å². The number of amides is 5. The van der Waals surface area contributed by atoms with E-state index in [1.54, 1.807) is 4.90 Å². The second kappa shape index (κ2) is 9.40. The Morgan fingerprint density at radius 2 is 1.59 bits per heavy atom. The lowest BCUT2D eigenvalue weighted by Gasteiger charge is -2.39. The maximum absolute atomic E-state index is 13.3. The minimum atomic E-state index is -0.876. The molecule has 0 aromatic heterocycles. The lowest BCUT2D eigenvalue weighted by atomic mass is 9.86. The lowest BCUT2D eigenvalue weighted by molar-refractivity contribution is -0.141. The molecule has 3 heterocycles. The summed E-state index contributed by atoms with van der Waals surface area (Å²) in [6.45, 7) is 5.95. The third kappa shape index (κ3) is 4.50. The summed E-state index contributed by atoms with van der Waals surface area (Å²) >= 11 is 0. The third-order valence-electron chi connectivity index (χ3n) is 8.04. The van der Waals surface area contributed by atoms with Gasteiger partial charge in [-0.05, 0) is 38.0 Å². The maximum atomic E-state index is 13.3. The molecule has 0 aromatic rings. The highest BCUT2D eigenvalue weighted by molar-refractivity contribution is 6.07. The van der Waals surface area contributed by atoms with E-state index in [9.17, 15) is 19.2 Å². The average Bonchev–Trinajstić information content (AvgIpc) is 3.39. The van der Waals surface area contributed by atoms with Gasteiger partial charge in [0.05, 0.1) is 0 Å². The van der Waals surface area contributed by atoms with Crippen LogP contribution in [0.4, 0.5) is 4.79 Å². The predicted octanol–water partition coefficient (Wildman–Crippen LogP) is 2.52. The molecule has 4 rings (SSSR count). The van der Waals surface area contributed by atoms with Crippen LogP contribution in [0.1, 0.15) is 78.1 Å².